The van der Waals surface area contributed by atoms with Crippen molar-refractivity contribution in [1.29, 1.82) is 0 Å². The largest absolute Gasteiger partial charge is 0.478 e. The fourth-order valence-electron chi connectivity index (χ4n) is 1.72. The van der Waals surface area contributed by atoms with E-state index in [1.807, 2.05) is 6.92 Å². The molecule has 0 saturated carbocycles. The molecule has 2 rings (SSSR count). The summed E-state index contributed by atoms with van der Waals surface area (Å²) in [7, 11) is 0. The van der Waals surface area contributed by atoms with E-state index in [0.29, 0.717) is 16.3 Å². The second-order valence-corrected chi connectivity index (χ2v) is 5.14. The first kappa shape index (κ1) is 14.9. The van der Waals surface area contributed by atoms with Crippen LogP contribution in [-0.2, 0) is 4.79 Å². The lowest BCUT2D eigenvalue weighted by Crippen LogP contribution is -2.12. The quantitative estimate of drug-likeness (QED) is 0.847. The Labute approximate surface area is 125 Å². The maximum atomic E-state index is 12.1. The van der Waals surface area contributed by atoms with Crippen LogP contribution in [0.5, 0.6) is 0 Å². The van der Waals surface area contributed by atoms with Gasteiger partial charge in [-0.05, 0) is 54.7 Å². The van der Waals surface area contributed by atoms with Gasteiger partial charge in [0.1, 0.15) is 4.88 Å². The van der Waals surface area contributed by atoms with E-state index in [1.54, 1.807) is 25.1 Å². The van der Waals surface area contributed by atoms with Gasteiger partial charge in [0.25, 0.3) is 5.91 Å². The molecular formula is C14H13N3O3S. The molecule has 0 saturated heterocycles. The van der Waals surface area contributed by atoms with Gasteiger partial charge >= 0.3 is 5.97 Å². The average Bonchev–Trinajstić information content (AvgIpc) is 2.85. The van der Waals surface area contributed by atoms with Crippen LogP contribution < -0.4 is 5.32 Å². The minimum absolute atomic E-state index is 0.251. The first-order valence-electron chi connectivity index (χ1n) is 6.09. The first-order valence-corrected chi connectivity index (χ1v) is 6.86. The van der Waals surface area contributed by atoms with Crippen molar-refractivity contribution in [1.82, 2.24) is 9.59 Å². The molecule has 2 N–H and O–H groups in total. The minimum Gasteiger partial charge on any atom is -0.478 e. The summed E-state index contributed by atoms with van der Waals surface area (Å²) >= 11 is 1.05. The minimum atomic E-state index is -1.00. The molecule has 0 aliphatic carbocycles. The fraction of sp³-hybridized carbons (Fsp3) is 0.143. The summed E-state index contributed by atoms with van der Waals surface area (Å²) in [4.78, 5) is 23.0. The molecular weight excluding hydrogens is 290 g/mol. The van der Waals surface area contributed by atoms with Crippen LogP contribution in [0.1, 0.15) is 26.5 Å². The second-order valence-electron chi connectivity index (χ2n) is 4.39. The van der Waals surface area contributed by atoms with Gasteiger partial charge in [-0.2, -0.15) is 0 Å². The van der Waals surface area contributed by atoms with Crippen LogP contribution in [0.4, 0.5) is 5.69 Å². The standard InChI is InChI=1S/C14H13N3O3S/c1-8-7-10(4-6-12(18)19)3-5-11(8)15-14(20)13-9(2)16-17-21-13/h3-7H,1-2H3,(H,15,20)(H,18,19). The first-order chi connectivity index (χ1) is 9.97. The predicted molar refractivity (Wildman–Crippen MR) is 80.4 cm³/mol. The Morgan fingerprint density at radius 1 is 1.33 bits per heavy atom. The SMILES string of the molecule is Cc1cc(C=CC(=O)O)ccc1NC(=O)c1snnc1C. The third kappa shape index (κ3) is 3.73. The normalized spacial score (nSPS) is 10.8. The van der Waals surface area contributed by atoms with Crippen LogP contribution in [-0.4, -0.2) is 26.6 Å². The van der Waals surface area contributed by atoms with Gasteiger partial charge in [-0.1, -0.05) is 10.6 Å². The maximum absolute atomic E-state index is 12.1. The lowest BCUT2D eigenvalue weighted by atomic mass is 10.1. The highest BCUT2D eigenvalue weighted by Crippen LogP contribution is 2.19. The summed E-state index contributed by atoms with van der Waals surface area (Å²) in [6.45, 7) is 3.57. The Balaban J connectivity index is 2.16. The van der Waals surface area contributed by atoms with Crippen molar-refractivity contribution in [3.05, 3.63) is 46.0 Å². The Morgan fingerprint density at radius 3 is 2.67 bits per heavy atom. The van der Waals surface area contributed by atoms with Gasteiger partial charge in [0.15, 0.2) is 0 Å². The number of hydrogen-bond donors (Lipinski definition) is 2. The van der Waals surface area contributed by atoms with E-state index in [4.69, 9.17) is 5.11 Å². The highest BCUT2D eigenvalue weighted by Gasteiger charge is 2.14. The van der Waals surface area contributed by atoms with Crippen molar-refractivity contribution < 1.29 is 14.7 Å². The van der Waals surface area contributed by atoms with Crippen molar-refractivity contribution >= 4 is 35.2 Å². The molecule has 1 heterocycles. The van der Waals surface area contributed by atoms with Crippen LogP contribution in [0.3, 0.4) is 0 Å². The summed E-state index contributed by atoms with van der Waals surface area (Å²) in [5, 5.41) is 15.2. The number of benzene rings is 1. The molecule has 0 spiro atoms. The number of hydrogen-bond acceptors (Lipinski definition) is 5. The van der Waals surface area contributed by atoms with Crippen LogP contribution in [0.2, 0.25) is 0 Å². The highest BCUT2D eigenvalue weighted by atomic mass is 32.1. The smallest absolute Gasteiger partial charge is 0.328 e. The number of carboxylic acid groups (broad SMARTS) is 1. The Bertz CT molecular complexity index is 722. The zero-order valence-electron chi connectivity index (χ0n) is 11.5. The van der Waals surface area contributed by atoms with Crippen molar-refractivity contribution in [3.63, 3.8) is 0 Å². The van der Waals surface area contributed by atoms with Crippen molar-refractivity contribution in [2.45, 2.75) is 13.8 Å². The van der Waals surface area contributed by atoms with Crippen molar-refractivity contribution in [2.75, 3.05) is 5.32 Å². The Hall–Kier alpha value is -2.54. The number of amides is 1. The van der Waals surface area contributed by atoms with E-state index in [9.17, 15) is 9.59 Å². The molecule has 0 radical (unpaired) electrons. The number of aromatic nitrogens is 2. The number of nitrogens with zero attached hydrogens (tertiary/aromatic N) is 2. The van der Waals surface area contributed by atoms with E-state index < -0.39 is 5.97 Å². The number of carbonyl (C=O) groups excluding carboxylic acids is 1. The maximum Gasteiger partial charge on any atom is 0.328 e. The number of anilines is 1. The summed E-state index contributed by atoms with van der Waals surface area (Å²) in [6.07, 6.45) is 2.57. The zero-order valence-corrected chi connectivity index (χ0v) is 12.3. The third-order valence-electron chi connectivity index (χ3n) is 2.77. The highest BCUT2D eigenvalue weighted by molar-refractivity contribution is 7.08. The van der Waals surface area contributed by atoms with Gasteiger partial charge in [0, 0.05) is 11.8 Å². The van der Waals surface area contributed by atoms with E-state index in [2.05, 4.69) is 14.9 Å². The molecule has 1 aromatic heterocycles. The second kappa shape index (κ2) is 6.27. The number of aliphatic carboxylic acids is 1. The molecule has 21 heavy (non-hydrogen) atoms. The lowest BCUT2D eigenvalue weighted by molar-refractivity contribution is -0.131. The van der Waals surface area contributed by atoms with Crippen LogP contribution in [0.25, 0.3) is 6.08 Å². The summed E-state index contributed by atoms with van der Waals surface area (Å²) in [5.74, 6) is -1.25. The number of carboxylic acids is 1. The van der Waals surface area contributed by atoms with Crippen LogP contribution in [0, 0.1) is 13.8 Å². The van der Waals surface area contributed by atoms with E-state index >= 15 is 0 Å². The van der Waals surface area contributed by atoms with Gasteiger partial charge < -0.3 is 10.4 Å². The van der Waals surface area contributed by atoms with E-state index in [0.717, 1.165) is 28.7 Å². The van der Waals surface area contributed by atoms with Crippen LogP contribution in [0.15, 0.2) is 24.3 Å². The molecule has 0 unspecified atom stereocenters. The van der Waals surface area contributed by atoms with Gasteiger partial charge in [0.2, 0.25) is 0 Å². The topological polar surface area (TPSA) is 92.2 Å². The van der Waals surface area contributed by atoms with Crippen molar-refractivity contribution in [3.8, 4) is 0 Å². The molecule has 108 valence electrons. The number of rotatable bonds is 4. The number of nitrogens with one attached hydrogen (secondary N) is 1. The molecule has 0 fully saturated rings. The molecule has 2 aromatic rings. The molecule has 1 aromatic carbocycles. The lowest BCUT2D eigenvalue weighted by Gasteiger charge is -2.08. The van der Waals surface area contributed by atoms with Gasteiger partial charge in [0.05, 0.1) is 5.69 Å². The zero-order chi connectivity index (χ0) is 15.4. The Morgan fingerprint density at radius 2 is 2.10 bits per heavy atom. The number of carbonyl (C=O) groups is 2. The summed E-state index contributed by atoms with van der Waals surface area (Å²) in [6, 6.07) is 5.27. The Kier molecular flexibility index (Phi) is 4.44. The van der Waals surface area contributed by atoms with E-state index in [1.165, 1.54) is 6.08 Å². The average molecular weight is 303 g/mol. The molecule has 6 nitrogen and oxygen atoms in total. The fourth-order valence-corrected chi connectivity index (χ4v) is 2.27. The molecule has 7 heteroatoms. The molecule has 0 aliphatic heterocycles. The predicted octanol–water partition coefficient (Wildman–Crippen LogP) is 2.51. The van der Waals surface area contributed by atoms with E-state index in [-0.39, 0.29) is 5.91 Å². The summed E-state index contributed by atoms with van der Waals surface area (Å²) in [5.41, 5.74) is 2.85. The monoisotopic (exact) mass is 303 g/mol. The number of aryl methyl sites for hydroxylation is 2. The third-order valence-corrected chi connectivity index (χ3v) is 3.60. The van der Waals surface area contributed by atoms with Gasteiger partial charge in [-0.3, -0.25) is 4.79 Å². The molecule has 0 aliphatic rings. The van der Waals surface area contributed by atoms with Gasteiger partial charge in [-0.25, -0.2) is 4.79 Å². The summed E-state index contributed by atoms with van der Waals surface area (Å²) < 4.78 is 3.73. The van der Waals surface area contributed by atoms with Gasteiger partial charge in [-0.15, -0.1) is 5.10 Å². The molecule has 1 amide bonds. The molecule has 0 atom stereocenters. The van der Waals surface area contributed by atoms with Crippen LogP contribution >= 0.6 is 11.5 Å². The van der Waals surface area contributed by atoms with Crippen molar-refractivity contribution in [2.24, 2.45) is 0 Å². The molecule has 0 bridgehead atoms.